The second-order valence-electron chi connectivity index (χ2n) is 4.79. The molecule has 1 amide bonds. The fourth-order valence-corrected chi connectivity index (χ4v) is 3.31. The topological polar surface area (TPSA) is 57.6 Å². The molecule has 1 aromatic carbocycles. The van der Waals surface area contributed by atoms with Gasteiger partial charge in [-0.25, -0.2) is 4.79 Å². The van der Waals surface area contributed by atoms with Crippen LogP contribution in [0.15, 0.2) is 29.6 Å². The van der Waals surface area contributed by atoms with Crippen LogP contribution in [-0.4, -0.2) is 23.5 Å². The van der Waals surface area contributed by atoms with Crippen LogP contribution in [-0.2, 0) is 6.42 Å². The van der Waals surface area contributed by atoms with Crippen molar-refractivity contribution in [3.8, 4) is 0 Å². The highest BCUT2D eigenvalue weighted by Crippen LogP contribution is 2.31. The van der Waals surface area contributed by atoms with Crippen molar-refractivity contribution in [1.82, 2.24) is 0 Å². The number of carboxylic acid groups (broad SMARTS) is 1. The first-order valence-corrected chi connectivity index (χ1v) is 7.18. The van der Waals surface area contributed by atoms with Gasteiger partial charge in [0.1, 0.15) is 0 Å². The summed E-state index contributed by atoms with van der Waals surface area (Å²) in [6, 6.07) is 6.90. The molecule has 0 saturated carbocycles. The Bertz CT molecular complexity index is 705. The summed E-state index contributed by atoms with van der Waals surface area (Å²) < 4.78 is 0. The summed E-state index contributed by atoms with van der Waals surface area (Å²) in [4.78, 5) is 26.0. The van der Waals surface area contributed by atoms with Crippen LogP contribution in [0.3, 0.4) is 0 Å². The minimum Gasteiger partial charge on any atom is -0.478 e. The molecule has 4 nitrogen and oxygen atoms in total. The number of aryl methyl sites for hydroxylation is 1. The average Bonchev–Trinajstić information content (AvgIpc) is 3.03. The number of benzene rings is 1. The lowest BCUT2D eigenvalue weighted by molar-refractivity contribution is 0.0696. The van der Waals surface area contributed by atoms with Crippen LogP contribution in [0.4, 0.5) is 5.69 Å². The molecule has 2 heterocycles. The van der Waals surface area contributed by atoms with Gasteiger partial charge in [0.2, 0.25) is 0 Å². The number of hydrogen-bond donors (Lipinski definition) is 1. The van der Waals surface area contributed by atoms with Gasteiger partial charge in [-0.2, -0.15) is 0 Å². The molecule has 1 aromatic heterocycles. The maximum Gasteiger partial charge on any atom is 0.335 e. The van der Waals surface area contributed by atoms with Crippen LogP contribution in [0.2, 0.25) is 0 Å². The number of thiophene rings is 1. The van der Waals surface area contributed by atoms with Crippen LogP contribution >= 0.6 is 11.3 Å². The number of anilines is 1. The Morgan fingerprint density at radius 3 is 2.75 bits per heavy atom. The Morgan fingerprint density at radius 2 is 2.10 bits per heavy atom. The van der Waals surface area contributed by atoms with E-state index in [9.17, 15) is 9.59 Å². The molecule has 0 atom stereocenters. The van der Waals surface area contributed by atoms with Crippen LogP contribution in [0.5, 0.6) is 0 Å². The van der Waals surface area contributed by atoms with Crippen molar-refractivity contribution < 1.29 is 14.7 Å². The van der Waals surface area contributed by atoms with Gasteiger partial charge in [-0.05, 0) is 48.1 Å². The van der Waals surface area contributed by atoms with Crippen LogP contribution < -0.4 is 4.90 Å². The second-order valence-corrected chi connectivity index (χ2v) is 5.70. The molecule has 0 radical (unpaired) electrons. The van der Waals surface area contributed by atoms with Gasteiger partial charge in [0, 0.05) is 12.2 Å². The zero-order chi connectivity index (χ0) is 14.3. The highest BCUT2D eigenvalue weighted by atomic mass is 32.1. The first-order valence-electron chi connectivity index (χ1n) is 6.30. The van der Waals surface area contributed by atoms with E-state index in [1.165, 1.54) is 11.3 Å². The monoisotopic (exact) mass is 287 g/mol. The smallest absolute Gasteiger partial charge is 0.335 e. The second kappa shape index (κ2) is 4.76. The predicted octanol–water partition coefficient (Wildman–Crippen LogP) is 2.96. The number of rotatable bonds is 2. The van der Waals surface area contributed by atoms with Gasteiger partial charge in [-0.15, -0.1) is 11.3 Å². The molecule has 0 bridgehead atoms. The molecule has 0 spiro atoms. The number of carbonyl (C=O) groups excluding carboxylic acids is 1. The first kappa shape index (κ1) is 12.9. The fourth-order valence-electron chi connectivity index (χ4n) is 2.44. The Morgan fingerprint density at radius 1 is 1.30 bits per heavy atom. The molecule has 0 unspecified atom stereocenters. The molecule has 1 aliphatic rings. The SMILES string of the molecule is Cc1ccsc1C(=O)N1CCc2ccc(C(=O)O)cc21. The molecule has 0 fully saturated rings. The van der Waals surface area contributed by atoms with E-state index in [0.29, 0.717) is 6.54 Å². The summed E-state index contributed by atoms with van der Waals surface area (Å²) in [6.45, 7) is 2.52. The quantitative estimate of drug-likeness (QED) is 0.924. The minimum atomic E-state index is -0.973. The van der Waals surface area contributed by atoms with Gasteiger partial charge in [0.25, 0.3) is 5.91 Å². The van der Waals surface area contributed by atoms with Crippen molar-refractivity contribution in [2.45, 2.75) is 13.3 Å². The highest BCUT2D eigenvalue weighted by molar-refractivity contribution is 7.12. The Balaban J connectivity index is 2.00. The summed E-state index contributed by atoms with van der Waals surface area (Å²) in [5.74, 6) is -1.02. The fraction of sp³-hybridized carbons (Fsp3) is 0.200. The van der Waals surface area contributed by atoms with E-state index in [-0.39, 0.29) is 11.5 Å². The van der Waals surface area contributed by atoms with Gasteiger partial charge in [-0.3, -0.25) is 4.79 Å². The minimum absolute atomic E-state index is 0.0428. The summed E-state index contributed by atoms with van der Waals surface area (Å²) >= 11 is 1.42. The van der Waals surface area contributed by atoms with Gasteiger partial charge < -0.3 is 10.0 Å². The van der Waals surface area contributed by atoms with Crippen molar-refractivity contribution >= 4 is 28.9 Å². The molecular formula is C15H13NO3S. The molecule has 0 aliphatic carbocycles. The lowest BCUT2D eigenvalue weighted by atomic mass is 10.1. The van der Waals surface area contributed by atoms with Crippen molar-refractivity contribution in [3.05, 3.63) is 51.2 Å². The Hall–Kier alpha value is -2.14. The van der Waals surface area contributed by atoms with E-state index < -0.39 is 5.97 Å². The lowest BCUT2D eigenvalue weighted by Crippen LogP contribution is -2.28. The number of fused-ring (bicyclic) bond motifs is 1. The van der Waals surface area contributed by atoms with Crippen molar-refractivity contribution in [2.75, 3.05) is 11.4 Å². The molecule has 3 rings (SSSR count). The molecule has 1 N–H and O–H groups in total. The molecular weight excluding hydrogens is 274 g/mol. The summed E-state index contributed by atoms with van der Waals surface area (Å²) in [6.07, 6.45) is 0.769. The summed E-state index contributed by atoms with van der Waals surface area (Å²) in [7, 11) is 0. The number of nitrogens with zero attached hydrogens (tertiary/aromatic N) is 1. The Kier molecular flexibility index (Phi) is 3.06. The number of carboxylic acids is 1. The van der Waals surface area contributed by atoms with Crippen LogP contribution in [0, 0.1) is 6.92 Å². The van der Waals surface area contributed by atoms with E-state index >= 15 is 0 Å². The third-order valence-corrected chi connectivity index (χ3v) is 4.53. The standard InChI is InChI=1S/C15H13NO3S/c1-9-5-7-20-13(9)14(17)16-6-4-10-2-3-11(15(18)19)8-12(10)16/h2-3,5,7-8H,4,6H2,1H3,(H,18,19). The van der Waals surface area contributed by atoms with Gasteiger partial charge in [0.05, 0.1) is 10.4 Å². The van der Waals surface area contributed by atoms with Crippen LogP contribution in [0.1, 0.15) is 31.2 Å². The van der Waals surface area contributed by atoms with Crippen molar-refractivity contribution in [2.24, 2.45) is 0 Å². The third kappa shape index (κ3) is 2.00. The summed E-state index contributed by atoms with van der Waals surface area (Å²) in [5.41, 5.74) is 2.93. The van der Waals surface area contributed by atoms with E-state index in [1.54, 1.807) is 23.1 Å². The van der Waals surface area contributed by atoms with Crippen molar-refractivity contribution in [1.29, 1.82) is 0 Å². The lowest BCUT2D eigenvalue weighted by Gasteiger charge is -2.17. The van der Waals surface area contributed by atoms with Crippen LogP contribution in [0.25, 0.3) is 0 Å². The maximum atomic E-state index is 12.6. The molecule has 0 saturated heterocycles. The molecule has 2 aromatic rings. The predicted molar refractivity (Wildman–Crippen MR) is 77.8 cm³/mol. The number of amides is 1. The van der Waals surface area contributed by atoms with Gasteiger partial charge >= 0.3 is 5.97 Å². The molecule has 102 valence electrons. The van der Waals surface area contributed by atoms with E-state index in [2.05, 4.69) is 0 Å². The van der Waals surface area contributed by atoms with Gasteiger partial charge in [0.15, 0.2) is 0 Å². The van der Waals surface area contributed by atoms with E-state index in [4.69, 9.17) is 5.11 Å². The molecule has 1 aliphatic heterocycles. The third-order valence-electron chi connectivity index (χ3n) is 3.53. The zero-order valence-electron chi connectivity index (χ0n) is 10.9. The molecule has 20 heavy (non-hydrogen) atoms. The first-order chi connectivity index (χ1) is 9.58. The normalized spacial score (nSPS) is 13.3. The molecule has 5 heteroatoms. The number of aromatic carboxylic acids is 1. The van der Waals surface area contributed by atoms with Gasteiger partial charge in [-0.1, -0.05) is 6.07 Å². The van der Waals surface area contributed by atoms with Crippen molar-refractivity contribution in [3.63, 3.8) is 0 Å². The van der Waals surface area contributed by atoms with E-state index in [0.717, 1.165) is 28.1 Å². The average molecular weight is 287 g/mol. The Labute approximate surface area is 120 Å². The highest BCUT2D eigenvalue weighted by Gasteiger charge is 2.27. The maximum absolute atomic E-state index is 12.6. The largest absolute Gasteiger partial charge is 0.478 e. The summed E-state index contributed by atoms with van der Waals surface area (Å²) in [5, 5.41) is 11.0. The van der Waals surface area contributed by atoms with E-state index in [1.807, 2.05) is 18.4 Å². The number of hydrogen-bond acceptors (Lipinski definition) is 3. The zero-order valence-corrected chi connectivity index (χ0v) is 11.7. The number of carbonyl (C=O) groups is 2.